The molecule has 0 N–H and O–H groups in total. The molecular formula is C14H22ClN3O. The average Bonchev–Trinajstić information content (AvgIpc) is 2.30. The van der Waals surface area contributed by atoms with Gasteiger partial charge in [0.05, 0.1) is 12.2 Å². The van der Waals surface area contributed by atoms with Crippen LogP contribution in [0, 0.1) is 6.92 Å². The van der Waals surface area contributed by atoms with Gasteiger partial charge < -0.3 is 9.64 Å². The minimum Gasteiger partial charge on any atom is -0.372 e. The minimum absolute atomic E-state index is 0.208. The molecule has 1 aromatic heterocycles. The van der Waals surface area contributed by atoms with Crippen molar-refractivity contribution in [3.63, 3.8) is 0 Å². The second-order valence-electron chi connectivity index (χ2n) is 5.64. The van der Waals surface area contributed by atoms with E-state index < -0.39 is 0 Å². The smallest absolute Gasteiger partial charge is 0.137 e. The molecule has 2 atom stereocenters. The third-order valence-corrected chi connectivity index (χ3v) is 3.68. The van der Waals surface area contributed by atoms with E-state index in [-0.39, 0.29) is 18.1 Å². The van der Waals surface area contributed by atoms with Crippen molar-refractivity contribution in [3.05, 3.63) is 16.5 Å². The van der Waals surface area contributed by atoms with E-state index in [0.717, 1.165) is 30.3 Å². The number of hydrogen-bond acceptors (Lipinski definition) is 4. The number of hydrogen-bond donors (Lipinski definition) is 0. The molecule has 0 bridgehead atoms. The Labute approximate surface area is 120 Å². The molecule has 1 aliphatic heterocycles. The van der Waals surface area contributed by atoms with E-state index in [9.17, 15) is 0 Å². The predicted molar refractivity (Wildman–Crippen MR) is 78.1 cm³/mol. The molecule has 4 nitrogen and oxygen atoms in total. The predicted octanol–water partition coefficient (Wildman–Crippen LogP) is 3.18. The normalized spacial score (nSPS) is 24.1. The fourth-order valence-electron chi connectivity index (χ4n) is 2.41. The number of aromatic nitrogens is 2. The van der Waals surface area contributed by atoms with E-state index in [1.807, 2.05) is 6.92 Å². The molecule has 2 rings (SSSR count). The van der Waals surface area contributed by atoms with Gasteiger partial charge in [0.25, 0.3) is 0 Å². The summed E-state index contributed by atoms with van der Waals surface area (Å²) in [5, 5.41) is 0.556. The second-order valence-corrected chi connectivity index (χ2v) is 6.00. The average molecular weight is 284 g/mol. The topological polar surface area (TPSA) is 38.2 Å². The highest BCUT2D eigenvalue weighted by molar-refractivity contribution is 6.30. The zero-order chi connectivity index (χ0) is 14.2. The molecular weight excluding hydrogens is 262 g/mol. The molecule has 0 spiro atoms. The largest absolute Gasteiger partial charge is 0.372 e. The summed E-state index contributed by atoms with van der Waals surface area (Å²) in [6.45, 7) is 12.0. The second kappa shape index (κ2) is 5.63. The zero-order valence-electron chi connectivity index (χ0n) is 12.3. The van der Waals surface area contributed by atoms with E-state index in [1.165, 1.54) is 0 Å². The number of rotatable bonds is 2. The number of ether oxygens (including phenoxy) is 1. The first-order valence-electron chi connectivity index (χ1n) is 6.83. The third kappa shape index (κ3) is 3.18. The molecule has 0 aromatic carbocycles. The van der Waals surface area contributed by atoms with Gasteiger partial charge in [-0.05, 0) is 20.8 Å². The summed E-state index contributed by atoms with van der Waals surface area (Å²) in [4.78, 5) is 11.3. The van der Waals surface area contributed by atoms with E-state index >= 15 is 0 Å². The van der Waals surface area contributed by atoms with Crippen LogP contribution in [0.15, 0.2) is 0 Å². The van der Waals surface area contributed by atoms with Crippen LogP contribution in [0.5, 0.6) is 0 Å². The van der Waals surface area contributed by atoms with Crippen molar-refractivity contribution in [2.24, 2.45) is 0 Å². The molecule has 1 aliphatic rings. The molecule has 1 aromatic rings. The zero-order valence-corrected chi connectivity index (χ0v) is 13.0. The van der Waals surface area contributed by atoms with Gasteiger partial charge >= 0.3 is 0 Å². The van der Waals surface area contributed by atoms with Crippen LogP contribution in [0.4, 0.5) is 5.82 Å². The Balaban J connectivity index is 2.37. The summed E-state index contributed by atoms with van der Waals surface area (Å²) in [5.41, 5.74) is 0.951. The quantitative estimate of drug-likeness (QED) is 0.782. The first kappa shape index (κ1) is 14.5. The summed E-state index contributed by atoms with van der Waals surface area (Å²) in [5.74, 6) is 2.02. The summed E-state index contributed by atoms with van der Waals surface area (Å²) in [7, 11) is 0. The Morgan fingerprint density at radius 2 is 1.79 bits per heavy atom. The lowest BCUT2D eigenvalue weighted by atomic mass is 10.2. The van der Waals surface area contributed by atoms with Gasteiger partial charge in [0.2, 0.25) is 0 Å². The molecule has 1 fully saturated rings. The summed E-state index contributed by atoms with van der Waals surface area (Å²) in [6, 6.07) is 0. The van der Waals surface area contributed by atoms with Crippen LogP contribution in [0.1, 0.15) is 45.0 Å². The van der Waals surface area contributed by atoms with Gasteiger partial charge in [0, 0.05) is 24.6 Å². The molecule has 0 amide bonds. The van der Waals surface area contributed by atoms with E-state index in [2.05, 4.69) is 37.6 Å². The summed E-state index contributed by atoms with van der Waals surface area (Å²) in [6.07, 6.45) is 0.416. The number of halogens is 1. The van der Waals surface area contributed by atoms with E-state index in [1.54, 1.807) is 0 Å². The van der Waals surface area contributed by atoms with Crippen LogP contribution >= 0.6 is 11.6 Å². The van der Waals surface area contributed by atoms with Gasteiger partial charge in [-0.1, -0.05) is 25.4 Å². The van der Waals surface area contributed by atoms with Gasteiger partial charge in [0.15, 0.2) is 0 Å². The lowest BCUT2D eigenvalue weighted by Crippen LogP contribution is -2.46. The van der Waals surface area contributed by atoms with Crippen LogP contribution in [-0.4, -0.2) is 35.3 Å². The number of nitrogens with zero attached hydrogens (tertiary/aromatic N) is 3. The molecule has 0 aliphatic carbocycles. The maximum atomic E-state index is 6.25. The van der Waals surface area contributed by atoms with Crippen molar-refractivity contribution in [3.8, 4) is 0 Å². The van der Waals surface area contributed by atoms with E-state index in [0.29, 0.717) is 5.15 Å². The van der Waals surface area contributed by atoms with Gasteiger partial charge in [0.1, 0.15) is 16.8 Å². The van der Waals surface area contributed by atoms with Crippen LogP contribution in [-0.2, 0) is 4.74 Å². The van der Waals surface area contributed by atoms with Crippen molar-refractivity contribution < 1.29 is 4.74 Å². The highest BCUT2D eigenvalue weighted by Gasteiger charge is 2.25. The SMILES string of the molecule is Cc1c(Cl)nc(C(C)C)nc1N1C[C@@H](C)O[C@@H](C)C1. The molecule has 0 saturated carbocycles. The molecule has 106 valence electrons. The Morgan fingerprint density at radius 3 is 2.32 bits per heavy atom. The Hall–Kier alpha value is -0.870. The van der Waals surface area contributed by atoms with E-state index in [4.69, 9.17) is 21.3 Å². The molecule has 0 radical (unpaired) electrons. The van der Waals surface area contributed by atoms with Gasteiger partial charge in [-0.3, -0.25) is 0 Å². The van der Waals surface area contributed by atoms with Crippen LogP contribution in [0.2, 0.25) is 5.15 Å². The third-order valence-electron chi connectivity index (χ3n) is 3.31. The maximum Gasteiger partial charge on any atom is 0.137 e. The first-order chi connectivity index (χ1) is 8.88. The maximum absolute atomic E-state index is 6.25. The highest BCUT2D eigenvalue weighted by atomic mass is 35.5. The lowest BCUT2D eigenvalue weighted by Gasteiger charge is -2.37. The molecule has 2 heterocycles. The van der Waals surface area contributed by atoms with Crippen LogP contribution < -0.4 is 4.90 Å². The fraction of sp³-hybridized carbons (Fsp3) is 0.714. The first-order valence-corrected chi connectivity index (χ1v) is 7.20. The summed E-state index contributed by atoms with van der Waals surface area (Å²) < 4.78 is 5.77. The highest BCUT2D eigenvalue weighted by Crippen LogP contribution is 2.28. The van der Waals surface area contributed by atoms with Crippen molar-refractivity contribution in [1.29, 1.82) is 0 Å². The molecule has 1 saturated heterocycles. The van der Waals surface area contributed by atoms with Crippen molar-refractivity contribution in [1.82, 2.24) is 9.97 Å². The van der Waals surface area contributed by atoms with Gasteiger partial charge in [-0.2, -0.15) is 0 Å². The molecule has 19 heavy (non-hydrogen) atoms. The van der Waals surface area contributed by atoms with Crippen molar-refractivity contribution in [2.75, 3.05) is 18.0 Å². The monoisotopic (exact) mass is 283 g/mol. The van der Waals surface area contributed by atoms with Crippen molar-refractivity contribution in [2.45, 2.75) is 52.7 Å². The Bertz CT molecular complexity index is 454. The summed E-state index contributed by atoms with van der Waals surface area (Å²) >= 11 is 6.25. The van der Waals surface area contributed by atoms with Crippen LogP contribution in [0.3, 0.4) is 0 Å². The number of anilines is 1. The fourth-order valence-corrected chi connectivity index (χ4v) is 2.58. The minimum atomic E-state index is 0.208. The lowest BCUT2D eigenvalue weighted by molar-refractivity contribution is -0.00551. The standard InChI is InChI=1S/C14H22ClN3O/c1-8(2)13-16-12(15)11(5)14(17-13)18-6-9(3)19-10(4)7-18/h8-10H,6-7H2,1-5H3/t9-,10+. The van der Waals surface area contributed by atoms with Gasteiger partial charge in [-0.25, -0.2) is 9.97 Å². The van der Waals surface area contributed by atoms with Gasteiger partial charge in [-0.15, -0.1) is 0 Å². The van der Waals surface area contributed by atoms with Crippen LogP contribution in [0.25, 0.3) is 0 Å². The number of morpholine rings is 1. The molecule has 5 heteroatoms. The Kier molecular flexibility index (Phi) is 4.31. The Morgan fingerprint density at radius 1 is 1.21 bits per heavy atom. The van der Waals surface area contributed by atoms with Crippen molar-refractivity contribution >= 4 is 17.4 Å². The molecule has 0 unspecified atom stereocenters.